The van der Waals surface area contributed by atoms with Crippen molar-refractivity contribution in [2.75, 3.05) is 105 Å². The molecule has 0 heterocycles. The van der Waals surface area contributed by atoms with E-state index >= 15 is 0 Å². The number of aliphatic hydroxyl groups is 3. The summed E-state index contributed by atoms with van der Waals surface area (Å²) >= 11 is 6.73. The van der Waals surface area contributed by atoms with Gasteiger partial charge in [0.05, 0.1) is 61.1 Å². The molecule has 0 saturated carbocycles. The van der Waals surface area contributed by atoms with E-state index in [0.29, 0.717) is 0 Å². The molecule has 0 aromatic carbocycles. The van der Waals surface area contributed by atoms with Crippen molar-refractivity contribution in [3.8, 4) is 0 Å². The summed E-state index contributed by atoms with van der Waals surface area (Å²) in [5.74, 6) is 0. The molecular weight excluding hydrogens is 698 g/mol. The van der Waals surface area contributed by atoms with Crippen LogP contribution in [0, 0.1) is 0 Å². The second-order valence-electron chi connectivity index (χ2n) is 9.24. The van der Waals surface area contributed by atoms with Crippen LogP contribution in [0.25, 0.3) is 0 Å². The molecule has 0 aromatic heterocycles. The quantitative estimate of drug-likeness (QED) is 0.0976. The first kappa shape index (κ1) is 52.2. The number of unbranched alkanes of at least 4 members (excludes halogenated alkanes) is 4. The fourth-order valence-corrected chi connectivity index (χ4v) is 3.38. The highest BCUT2D eigenvalue weighted by atomic mass is 79.9. The Kier molecular flexibility index (Phi) is 56.5. The molecule has 218 valence electrons. The van der Waals surface area contributed by atoms with Crippen molar-refractivity contribution in [1.82, 2.24) is 4.90 Å². The van der Waals surface area contributed by atoms with Gasteiger partial charge < -0.3 is 63.1 Å². The highest BCUT2D eigenvalue weighted by Crippen LogP contribution is 2.06. The summed E-state index contributed by atoms with van der Waals surface area (Å²) in [5.41, 5.74) is 0. The third kappa shape index (κ3) is 50.5. The predicted molar refractivity (Wildman–Crippen MR) is 152 cm³/mol. The normalized spacial score (nSPS) is 10.2. The Labute approximate surface area is 252 Å². The van der Waals surface area contributed by atoms with Crippen LogP contribution in [0.15, 0.2) is 0 Å². The van der Waals surface area contributed by atoms with E-state index in [4.69, 9.17) is 15.3 Å². The summed E-state index contributed by atoms with van der Waals surface area (Å²) in [4.78, 5) is 1.93. The lowest BCUT2D eigenvalue weighted by molar-refractivity contribution is -0.892. The molecule has 6 nitrogen and oxygen atoms in total. The number of alkyl halides is 2. The summed E-state index contributed by atoms with van der Waals surface area (Å²) in [6.45, 7) is 5.51. The van der Waals surface area contributed by atoms with Gasteiger partial charge in [-0.3, -0.25) is 0 Å². The Bertz CT molecular complexity index is 319. The average Bonchev–Trinajstić information content (AvgIpc) is 2.62. The van der Waals surface area contributed by atoms with E-state index in [-0.39, 0.29) is 68.6 Å². The minimum absolute atomic E-state index is 0. The first-order chi connectivity index (χ1) is 14.0. The Morgan fingerprint density at radius 1 is 0.559 bits per heavy atom. The molecule has 0 bridgehead atoms. The SMILES string of the molecule is BrCCCCCBr.C.C.CN(C)CCO.C[N+](C)(CCO)CCCCC[N+](C)(C)CCO.[Br-].[Br-]. The first-order valence-electron chi connectivity index (χ1n) is 11.2. The number of hydrogen-bond acceptors (Lipinski definition) is 4. The van der Waals surface area contributed by atoms with Crippen molar-refractivity contribution < 1.29 is 58.2 Å². The second-order valence-corrected chi connectivity index (χ2v) is 10.8. The summed E-state index contributed by atoms with van der Waals surface area (Å²) < 4.78 is 1.82. The molecule has 34 heavy (non-hydrogen) atoms. The molecule has 0 radical (unpaired) electrons. The molecule has 0 aliphatic carbocycles. The first-order valence-corrected chi connectivity index (χ1v) is 13.5. The maximum absolute atomic E-state index is 8.93. The zero-order valence-corrected chi connectivity index (χ0v) is 27.9. The second kappa shape index (κ2) is 36.8. The van der Waals surface area contributed by atoms with Crippen molar-refractivity contribution in [3.05, 3.63) is 0 Å². The van der Waals surface area contributed by atoms with Crippen molar-refractivity contribution >= 4 is 31.9 Å². The van der Waals surface area contributed by atoms with Gasteiger partial charge in [-0.15, -0.1) is 0 Å². The van der Waals surface area contributed by atoms with Gasteiger partial charge in [-0.1, -0.05) is 53.1 Å². The van der Waals surface area contributed by atoms with Crippen LogP contribution in [-0.2, 0) is 0 Å². The maximum Gasteiger partial charge on any atom is 0.102 e. The van der Waals surface area contributed by atoms with Crippen LogP contribution in [0.5, 0.6) is 0 Å². The molecule has 3 N–H and O–H groups in total. The zero-order valence-electron chi connectivity index (χ0n) is 21.5. The van der Waals surface area contributed by atoms with Gasteiger partial charge in [0.2, 0.25) is 0 Å². The highest BCUT2D eigenvalue weighted by molar-refractivity contribution is 9.09. The van der Waals surface area contributed by atoms with Crippen LogP contribution in [-0.4, -0.2) is 135 Å². The van der Waals surface area contributed by atoms with E-state index < -0.39 is 0 Å². The number of rotatable bonds is 16. The summed E-state index contributed by atoms with van der Waals surface area (Å²) in [6, 6.07) is 0. The Morgan fingerprint density at radius 3 is 1.09 bits per heavy atom. The maximum atomic E-state index is 8.93. The van der Waals surface area contributed by atoms with Crippen molar-refractivity contribution in [2.24, 2.45) is 0 Å². The predicted octanol–water partition coefficient (Wildman–Crippen LogP) is -1.94. The minimum atomic E-state index is 0. The van der Waals surface area contributed by atoms with Crippen molar-refractivity contribution in [1.29, 1.82) is 0 Å². The molecule has 0 aliphatic heterocycles. The topological polar surface area (TPSA) is 63.9 Å². The van der Waals surface area contributed by atoms with Gasteiger partial charge in [0, 0.05) is 17.2 Å². The minimum Gasteiger partial charge on any atom is -1.00 e. The fraction of sp³-hybridized carbons (Fsp3) is 1.00. The Hall–Kier alpha value is 1.68. The molecule has 0 saturated heterocycles. The molecule has 0 amide bonds. The number of halogens is 4. The van der Waals surface area contributed by atoms with Crippen LogP contribution in [0.1, 0.15) is 53.4 Å². The lowest BCUT2D eigenvalue weighted by Crippen LogP contribution is -3.00. The van der Waals surface area contributed by atoms with Gasteiger partial charge in [-0.25, -0.2) is 0 Å². The lowest BCUT2D eigenvalue weighted by Gasteiger charge is -2.30. The Balaban J connectivity index is -0.0000000725. The smallest absolute Gasteiger partial charge is 0.102 e. The number of aliphatic hydroxyl groups excluding tert-OH is 3. The molecule has 0 unspecified atom stereocenters. The van der Waals surface area contributed by atoms with Crippen LogP contribution < -0.4 is 34.0 Å². The van der Waals surface area contributed by atoms with E-state index in [1.54, 1.807) is 0 Å². The molecule has 0 rings (SSSR count). The Morgan fingerprint density at radius 2 is 0.882 bits per heavy atom. The molecule has 0 spiro atoms. The number of nitrogens with zero attached hydrogens (tertiary/aromatic N) is 3. The highest BCUT2D eigenvalue weighted by Gasteiger charge is 2.15. The molecule has 0 aliphatic rings. The van der Waals surface area contributed by atoms with Crippen LogP contribution >= 0.6 is 31.9 Å². The lowest BCUT2D eigenvalue weighted by atomic mass is 10.2. The number of likely N-dealkylation sites (N-methyl/N-ethyl adjacent to an activating group) is 3. The van der Waals surface area contributed by atoms with Gasteiger partial charge in [0.15, 0.2) is 0 Å². The number of hydrogen-bond donors (Lipinski definition) is 3. The number of quaternary nitrogens is 2. The van der Waals surface area contributed by atoms with Gasteiger partial charge in [-0.05, 0) is 46.2 Å². The summed E-state index contributed by atoms with van der Waals surface area (Å²) in [6.07, 6.45) is 7.63. The molecule has 10 heteroatoms. The van der Waals surface area contributed by atoms with Gasteiger partial charge in [0.1, 0.15) is 13.1 Å². The van der Waals surface area contributed by atoms with Crippen molar-refractivity contribution in [3.63, 3.8) is 0 Å². The van der Waals surface area contributed by atoms with E-state index in [2.05, 4.69) is 60.1 Å². The van der Waals surface area contributed by atoms with E-state index in [9.17, 15) is 0 Å². The zero-order chi connectivity index (χ0) is 23.9. The third-order valence-corrected chi connectivity index (χ3v) is 5.87. The largest absolute Gasteiger partial charge is 1.00 e. The van der Waals surface area contributed by atoms with Crippen LogP contribution in [0.3, 0.4) is 0 Å². The van der Waals surface area contributed by atoms with Crippen LogP contribution in [0.4, 0.5) is 0 Å². The van der Waals surface area contributed by atoms with Gasteiger partial charge in [-0.2, -0.15) is 0 Å². The van der Waals surface area contributed by atoms with Gasteiger partial charge in [0.25, 0.3) is 0 Å². The average molecular weight is 759 g/mol. The third-order valence-electron chi connectivity index (χ3n) is 4.75. The molecule has 0 fully saturated rings. The molecule has 0 aromatic rings. The van der Waals surface area contributed by atoms with E-state index in [0.717, 1.165) is 52.4 Å². The van der Waals surface area contributed by atoms with Crippen molar-refractivity contribution in [2.45, 2.75) is 53.4 Å². The van der Waals surface area contributed by atoms with E-state index in [1.807, 2.05) is 19.0 Å². The summed E-state index contributed by atoms with van der Waals surface area (Å²) in [5, 5.41) is 28.4. The van der Waals surface area contributed by atoms with Crippen LogP contribution in [0.2, 0.25) is 0 Å². The monoisotopic (exact) mass is 755 g/mol. The molecular formula is C24H61Br4N3O3. The van der Waals surface area contributed by atoms with E-state index in [1.165, 1.54) is 38.5 Å². The standard InChI is InChI=1S/C13H32N2O2.C5H10Br2.C4H11NO.2CH4.2BrH/c1-14(2,10-12-16)8-6-5-7-9-15(3,4)11-13-17;6-4-2-1-3-5-7;1-5(2)3-4-6;;;;/h16-17H,5-13H2,1-4H3;1-5H2;6H,3-4H2,1-2H3;2*1H4;2*1H/q+2;;;;;;/p-2. The fourth-order valence-electron chi connectivity index (χ4n) is 2.59. The summed E-state index contributed by atoms with van der Waals surface area (Å²) in [7, 11) is 12.5. The van der Waals surface area contributed by atoms with Gasteiger partial charge >= 0.3 is 0 Å². The molecule has 0 atom stereocenters.